The van der Waals surface area contributed by atoms with Gasteiger partial charge < -0.3 is 13.6 Å². The van der Waals surface area contributed by atoms with Crippen LogP contribution in [0.15, 0.2) is 0 Å². The molecule has 4 aliphatic carbocycles. The molecule has 0 N–H and O–H groups in total. The molecule has 0 aromatic rings. The lowest BCUT2D eigenvalue weighted by Crippen LogP contribution is -2.61. The minimum Gasteiger partial charge on any atom is -0.469 e. The maximum atomic E-state index is 12.0. The van der Waals surface area contributed by atoms with Crippen LogP contribution in [0.25, 0.3) is 0 Å². The lowest BCUT2D eigenvalue weighted by molar-refractivity contribution is -0.169. The number of rotatable bonds is 10. The first kappa shape index (κ1) is 31.8. The van der Waals surface area contributed by atoms with E-state index < -0.39 is 16.6 Å². The third-order valence-corrected chi connectivity index (χ3v) is 18.4. The van der Waals surface area contributed by atoms with Crippen molar-refractivity contribution in [3.63, 3.8) is 0 Å². The van der Waals surface area contributed by atoms with Gasteiger partial charge in [0.2, 0.25) is 0 Å². The number of fused-ring (bicyclic) bond motifs is 5. The molecule has 226 valence electrons. The standard InChI is InChI=1S/C33H62O4Si2/c1-11-38(7,8)36-25-19-20-32(4)24(21-25)14-15-26-28-17-16-27(23(3)13-18-31(34)35-6)33(28,5)30(22-29(26)32)37-39(9,10)12-2/h23-30H,11-22H2,1-10H3/t23-,24+,25+,26+,27-,28+,29+,30+,32+,33-/m1/s1. The van der Waals surface area contributed by atoms with E-state index >= 15 is 0 Å². The van der Waals surface area contributed by atoms with Crippen LogP contribution in [0.4, 0.5) is 0 Å². The first-order chi connectivity index (χ1) is 18.2. The Bertz CT molecular complexity index is 861. The Hall–Kier alpha value is -0.176. The minimum absolute atomic E-state index is 0.0617. The van der Waals surface area contributed by atoms with Crippen molar-refractivity contribution < 1.29 is 18.4 Å². The normalized spacial score (nSPS) is 41.3. The van der Waals surface area contributed by atoms with E-state index in [2.05, 4.69) is 60.8 Å². The van der Waals surface area contributed by atoms with E-state index in [-0.39, 0.29) is 11.4 Å². The number of methoxy groups -OCH3 is 1. The van der Waals surface area contributed by atoms with Gasteiger partial charge in [0, 0.05) is 12.5 Å². The fraction of sp³-hybridized carbons (Fsp3) is 0.970. The van der Waals surface area contributed by atoms with Crippen molar-refractivity contribution in [1.29, 1.82) is 0 Å². The van der Waals surface area contributed by atoms with Gasteiger partial charge in [-0.25, -0.2) is 0 Å². The molecule has 0 heterocycles. The molecular formula is C33H62O4Si2. The molecule has 4 rings (SSSR count). The van der Waals surface area contributed by atoms with E-state index in [1.807, 2.05) is 0 Å². The predicted molar refractivity (Wildman–Crippen MR) is 167 cm³/mol. The van der Waals surface area contributed by atoms with Gasteiger partial charge in [-0.1, -0.05) is 34.6 Å². The van der Waals surface area contributed by atoms with E-state index in [1.54, 1.807) is 0 Å². The van der Waals surface area contributed by atoms with Crippen LogP contribution in [0.3, 0.4) is 0 Å². The molecule has 0 radical (unpaired) electrons. The second-order valence-electron chi connectivity index (χ2n) is 15.9. The SMILES string of the molecule is CC[Si](C)(C)O[C@H]1CC[C@@]2(C)[C@@H](CC[C@@H]3[C@@H]2C[C@H](O[Si](C)(C)CC)[C@]2(C)[C@@H]([C@H](C)CCC(=O)OC)CC[C@@H]32)C1. The van der Waals surface area contributed by atoms with Crippen molar-refractivity contribution in [2.24, 2.45) is 46.3 Å². The Labute approximate surface area is 243 Å². The van der Waals surface area contributed by atoms with Crippen LogP contribution in [0.1, 0.15) is 98.8 Å². The van der Waals surface area contributed by atoms with E-state index in [0.29, 0.717) is 35.9 Å². The zero-order valence-electron chi connectivity index (χ0n) is 27.2. The number of hydrogen-bond acceptors (Lipinski definition) is 4. The Balaban J connectivity index is 1.59. The van der Waals surface area contributed by atoms with Crippen molar-refractivity contribution in [2.75, 3.05) is 7.11 Å². The van der Waals surface area contributed by atoms with Gasteiger partial charge in [-0.3, -0.25) is 4.79 Å². The zero-order chi connectivity index (χ0) is 28.8. The van der Waals surface area contributed by atoms with Crippen molar-refractivity contribution >= 4 is 22.6 Å². The fourth-order valence-electron chi connectivity index (χ4n) is 10.1. The molecule has 4 aliphatic rings. The molecule has 0 bridgehead atoms. The van der Waals surface area contributed by atoms with Gasteiger partial charge in [0.25, 0.3) is 0 Å². The second-order valence-corrected chi connectivity index (χ2v) is 24.8. The average molecular weight is 579 g/mol. The average Bonchev–Trinajstić information content (AvgIpc) is 3.26. The van der Waals surface area contributed by atoms with E-state index in [9.17, 15) is 4.79 Å². The fourth-order valence-corrected chi connectivity index (χ4v) is 12.6. The van der Waals surface area contributed by atoms with Crippen LogP contribution >= 0.6 is 0 Å². The molecule has 10 atom stereocenters. The molecule has 4 nitrogen and oxygen atoms in total. The number of carbonyl (C=O) groups excluding carboxylic acids is 1. The minimum atomic E-state index is -1.73. The molecule has 0 aliphatic heterocycles. The van der Waals surface area contributed by atoms with Gasteiger partial charge in [0.15, 0.2) is 16.6 Å². The Morgan fingerprint density at radius 1 is 0.897 bits per heavy atom. The van der Waals surface area contributed by atoms with Gasteiger partial charge in [-0.2, -0.15) is 0 Å². The third kappa shape index (κ3) is 6.15. The number of hydrogen-bond donors (Lipinski definition) is 0. The molecule has 39 heavy (non-hydrogen) atoms. The quantitative estimate of drug-likeness (QED) is 0.192. The molecule has 0 spiro atoms. The van der Waals surface area contributed by atoms with E-state index in [0.717, 1.165) is 30.1 Å². The summed E-state index contributed by atoms with van der Waals surface area (Å²) in [7, 11) is -1.74. The first-order valence-corrected chi connectivity index (χ1v) is 22.9. The summed E-state index contributed by atoms with van der Waals surface area (Å²) in [5.41, 5.74) is 0.645. The van der Waals surface area contributed by atoms with Crippen molar-refractivity contribution in [3.8, 4) is 0 Å². The Kier molecular flexibility index (Phi) is 9.64. The summed E-state index contributed by atoms with van der Waals surface area (Å²) in [5, 5.41) is 0. The largest absolute Gasteiger partial charge is 0.469 e. The first-order valence-electron chi connectivity index (χ1n) is 16.6. The van der Waals surface area contributed by atoms with Crippen LogP contribution < -0.4 is 0 Å². The highest BCUT2D eigenvalue weighted by Gasteiger charge is 2.64. The lowest BCUT2D eigenvalue weighted by atomic mass is 9.43. The van der Waals surface area contributed by atoms with Crippen LogP contribution in [0.2, 0.25) is 38.3 Å². The molecule has 4 fully saturated rings. The maximum Gasteiger partial charge on any atom is 0.305 e. The molecular weight excluding hydrogens is 517 g/mol. The molecule has 0 saturated heterocycles. The summed E-state index contributed by atoms with van der Waals surface area (Å²) < 4.78 is 19.2. The predicted octanol–water partition coefficient (Wildman–Crippen LogP) is 9.06. The van der Waals surface area contributed by atoms with Crippen molar-refractivity contribution in [2.45, 2.75) is 149 Å². The van der Waals surface area contributed by atoms with Crippen LogP contribution in [-0.4, -0.2) is 41.9 Å². The topological polar surface area (TPSA) is 44.8 Å². The van der Waals surface area contributed by atoms with Gasteiger partial charge >= 0.3 is 5.97 Å². The van der Waals surface area contributed by atoms with E-state index in [4.69, 9.17) is 13.6 Å². The summed E-state index contributed by atoms with van der Waals surface area (Å²) >= 11 is 0. The summed E-state index contributed by atoms with van der Waals surface area (Å²) in [6.07, 6.45) is 12.9. The van der Waals surface area contributed by atoms with Crippen LogP contribution in [0, 0.1) is 46.3 Å². The molecule has 0 unspecified atom stereocenters. The number of esters is 1. The third-order valence-electron chi connectivity index (χ3n) is 13.1. The Morgan fingerprint density at radius 3 is 2.21 bits per heavy atom. The second kappa shape index (κ2) is 11.8. The summed E-state index contributed by atoms with van der Waals surface area (Å²) in [6.45, 7) is 22.1. The molecule has 0 aromatic heterocycles. The van der Waals surface area contributed by atoms with Crippen LogP contribution in [-0.2, 0) is 18.4 Å². The van der Waals surface area contributed by atoms with Gasteiger partial charge in [0.05, 0.1) is 13.2 Å². The number of ether oxygens (including phenoxy) is 1. The van der Waals surface area contributed by atoms with E-state index in [1.165, 1.54) is 70.6 Å². The summed E-state index contributed by atoms with van der Waals surface area (Å²) in [6, 6.07) is 2.39. The summed E-state index contributed by atoms with van der Waals surface area (Å²) in [4.78, 5) is 12.0. The van der Waals surface area contributed by atoms with Crippen molar-refractivity contribution in [1.82, 2.24) is 0 Å². The molecule has 6 heteroatoms. The highest BCUT2D eigenvalue weighted by atomic mass is 28.4. The van der Waals surface area contributed by atoms with Crippen LogP contribution in [0.5, 0.6) is 0 Å². The van der Waals surface area contributed by atoms with Gasteiger partial charge in [-0.05, 0) is 142 Å². The zero-order valence-corrected chi connectivity index (χ0v) is 29.2. The van der Waals surface area contributed by atoms with Gasteiger partial charge in [-0.15, -0.1) is 0 Å². The molecule has 4 saturated carbocycles. The van der Waals surface area contributed by atoms with Gasteiger partial charge in [0.1, 0.15) is 0 Å². The summed E-state index contributed by atoms with van der Waals surface area (Å²) in [5.74, 6) is 4.27. The maximum absolute atomic E-state index is 12.0. The highest BCUT2D eigenvalue weighted by molar-refractivity contribution is 6.71. The highest BCUT2D eigenvalue weighted by Crippen LogP contribution is 2.69. The van der Waals surface area contributed by atoms with Crippen molar-refractivity contribution in [3.05, 3.63) is 0 Å². The molecule has 0 amide bonds. The Morgan fingerprint density at radius 2 is 1.56 bits per heavy atom. The smallest absolute Gasteiger partial charge is 0.305 e. The molecule has 0 aromatic carbocycles. The lowest BCUT2D eigenvalue weighted by Gasteiger charge is -2.64. The monoisotopic (exact) mass is 578 g/mol. The number of carbonyl (C=O) groups is 1.